The molecule has 2 aromatic heterocycles. The van der Waals surface area contributed by atoms with E-state index in [2.05, 4.69) is 25.6 Å². The minimum Gasteiger partial charge on any atom is -0.362 e. The van der Waals surface area contributed by atoms with Gasteiger partial charge in [0.15, 0.2) is 5.13 Å². The van der Waals surface area contributed by atoms with Crippen molar-refractivity contribution in [1.82, 2.24) is 20.3 Å². The van der Waals surface area contributed by atoms with Crippen molar-refractivity contribution in [1.29, 1.82) is 0 Å². The van der Waals surface area contributed by atoms with E-state index in [-0.39, 0.29) is 18.0 Å². The van der Waals surface area contributed by atoms with Crippen LogP contribution in [-0.4, -0.2) is 27.4 Å². The fraction of sp³-hybridized carbons (Fsp3) is 0.385. The van der Waals surface area contributed by atoms with Crippen LogP contribution in [-0.2, 0) is 6.54 Å². The number of nitrogens with one attached hydrogen (secondary N) is 3. The van der Waals surface area contributed by atoms with E-state index in [4.69, 9.17) is 0 Å². The largest absolute Gasteiger partial charge is 0.362 e. The number of aryl methyl sites for hydroxylation is 2. The Hall–Kier alpha value is -2.22. The lowest BCUT2D eigenvalue weighted by atomic mass is 10.3. The standard InChI is InChI=1S/C13H17N5O2S/c1-4-14-13-16-7(2)11(21-13)12(20)15-6-9-5-10(19)18-8(3)17-9/h5H,4,6H2,1-3H3,(H,14,16)(H,15,20)(H,17,18,19). The Morgan fingerprint density at radius 2 is 2.14 bits per heavy atom. The third kappa shape index (κ3) is 3.88. The first kappa shape index (κ1) is 15.2. The van der Waals surface area contributed by atoms with Crippen LogP contribution in [0.2, 0.25) is 0 Å². The molecule has 1 amide bonds. The van der Waals surface area contributed by atoms with Crippen LogP contribution in [0.3, 0.4) is 0 Å². The summed E-state index contributed by atoms with van der Waals surface area (Å²) in [6.07, 6.45) is 0. The van der Waals surface area contributed by atoms with Gasteiger partial charge in [0.1, 0.15) is 10.7 Å². The maximum Gasteiger partial charge on any atom is 0.263 e. The van der Waals surface area contributed by atoms with Crippen LogP contribution in [0.4, 0.5) is 5.13 Å². The quantitative estimate of drug-likeness (QED) is 0.771. The number of nitrogens with zero attached hydrogens (tertiary/aromatic N) is 2. The number of aromatic amines is 1. The first-order chi connectivity index (χ1) is 9.99. The average molecular weight is 307 g/mol. The molecule has 0 aliphatic heterocycles. The van der Waals surface area contributed by atoms with Crippen LogP contribution in [0.5, 0.6) is 0 Å². The number of carbonyl (C=O) groups is 1. The van der Waals surface area contributed by atoms with E-state index >= 15 is 0 Å². The predicted octanol–water partition coefficient (Wildman–Crippen LogP) is 1.21. The Morgan fingerprint density at radius 3 is 2.81 bits per heavy atom. The molecule has 0 atom stereocenters. The monoisotopic (exact) mass is 307 g/mol. The predicted molar refractivity (Wildman–Crippen MR) is 81.8 cm³/mol. The number of amides is 1. The van der Waals surface area contributed by atoms with Crippen molar-refractivity contribution >= 4 is 22.4 Å². The Balaban J connectivity index is 2.06. The summed E-state index contributed by atoms with van der Waals surface area (Å²) >= 11 is 1.31. The molecule has 2 aromatic rings. The summed E-state index contributed by atoms with van der Waals surface area (Å²) in [4.78, 5) is 35.0. The maximum atomic E-state index is 12.1. The highest BCUT2D eigenvalue weighted by Crippen LogP contribution is 2.22. The molecule has 112 valence electrons. The number of thiazole rings is 1. The third-order valence-electron chi connectivity index (χ3n) is 2.67. The fourth-order valence-electron chi connectivity index (χ4n) is 1.82. The highest BCUT2D eigenvalue weighted by atomic mass is 32.1. The van der Waals surface area contributed by atoms with Gasteiger partial charge in [-0.25, -0.2) is 9.97 Å². The normalized spacial score (nSPS) is 10.4. The second-order valence-electron chi connectivity index (χ2n) is 4.47. The zero-order chi connectivity index (χ0) is 15.4. The number of aromatic nitrogens is 3. The van der Waals surface area contributed by atoms with E-state index in [0.29, 0.717) is 22.1 Å². The zero-order valence-electron chi connectivity index (χ0n) is 12.1. The minimum atomic E-state index is -0.227. The molecule has 0 unspecified atom stereocenters. The molecular weight excluding hydrogens is 290 g/mol. The van der Waals surface area contributed by atoms with Gasteiger partial charge in [0, 0.05) is 12.6 Å². The lowest BCUT2D eigenvalue weighted by molar-refractivity contribution is 0.0953. The van der Waals surface area contributed by atoms with Crippen molar-refractivity contribution in [3.05, 3.63) is 38.5 Å². The molecule has 0 aromatic carbocycles. The van der Waals surface area contributed by atoms with Crippen molar-refractivity contribution in [2.45, 2.75) is 27.3 Å². The van der Waals surface area contributed by atoms with Crippen molar-refractivity contribution in [3.8, 4) is 0 Å². The molecule has 0 saturated heterocycles. The summed E-state index contributed by atoms with van der Waals surface area (Å²) < 4.78 is 0. The third-order valence-corrected chi connectivity index (χ3v) is 3.79. The molecular formula is C13H17N5O2S. The van der Waals surface area contributed by atoms with E-state index in [1.165, 1.54) is 17.4 Å². The van der Waals surface area contributed by atoms with Crippen molar-refractivity contribution < 1.29 is 4.79 Å². The highest BCUT2D eigenvalue weighted by molar-refractivity contribution is 7.17. The second-order valence-corrected chi connectivity index (χ2v) is 5.47. The lowest BCUT2D eigenvalue weighted by Gasteiger charge is -2.04. The molecule has 0 aliphatic carbocycles. The number of H-pyrrole nitrogens is 1. The zero-order valence-corrected chi connectivity index (χ0v) is 12.9. The maximum absolute atomic E-state index is 12.1. The van der Waals surface area contributed by atoms with E-state index in [0.717, 1.165) is 11.7 Å². The molecule has 0 spiro atoms. The Morgan fingerprint density at radius 1 is 1.38 bits per heavy atom. The van der Waals surface area contributed by atoms with Crippen LogP contribution >= 0.6 is 11.3 Å². The van der Waals surface area contributed by atoms with Crippen molar-refractivity contribution in [2.24, 2.45) is 0 Å². The fourth-order valence-corrected chi connectivity index (χ4v) is 2.77. The van der Waals surface area contributed by atoms with Crippen molar-refractivity contribution in [3.63, 3.8) is 0 Å². The minimum absolute atomic E-state index is 0.206. The van der Waals surface area contributed by atoms with Crippen LogP contribution in [0.1, 0.15) is 33.8 Å². The molecule has 0 bridgehead atoms. The molecule has 0 radical (unpaired) electrons. The van der Waals surface area contributed by atoms with E-state index in [9.17, 15) is 9.59 Å². The van der Waals surface area contributed by atoms with Gasteiger partial charge in [-0.2, -0.15) is 0 Å². The van der Waals surface area contributed by atoms with Crippen LogP contribution in [0.25, 0.3) is 0 Å². The van der Waals surface area contributed by atoms with Gasteiger partial charge in [0.2, 0.25) is 0 Å². The van der Waals surface area contributed by atoms with Crippen LogP contribution in [0, 0.1) is 13.8 Å². The van der Waals surface area contributed by atoms with Crippen LogP contribution < -0.4 is 16.2 Å². The molecule has 0 aliphatic rings. The average Bonchev–Trinajstić information content (AvgIpc) is 2.76. The van der Waals surface area contributed by atoms with Gasteiger partial charge in [0.05, 0.1) is 17.9 Å². The van der Waals surface area contributed by atoms with Gasteiger partial charge in [-0.05, 0) is 20.8 Å². The summed E-state index contributed by atoms with van der Waals surface area (Å²) in [5, 5.41) is 6.56. The smallest absolute Gasteiger partial charge is 0.263 e. The molecule has 8 heteroatoms. The summed E-state index contributed by atoms with van der Waals surface area (Å²) in [5.74, 6) is 0.309. The van der Waals surface area contributed by atoms with Gasteiger partial charge in [-0.1, -0.05) is 11.3 Å². The summed E-state index contributed by atoms with van der Waals surface area (Å²) in [5.41, 5.74) is 0.984. The molecule has 2 rings (SSSR count). The number of hydrogen-bond acceptors (Lipinski definition) is 6. The van der Waals surface area contributed by atoms with Crippen LogP contribution in [0.15, 0.2) is 10.9 Å². The Kier molecular flexibility index (Phi) is 4.69. The topological polar surface area (TPSA) is 99.8 Å². The number of rotatable bonds is 5. The van der Waals surface area contributed by atoms with Crippen molar-refractivity contribution in [2.75, 3.05) is 11.9 Å². The molecule has 3 N–H and O–H groups in total. The molecule has 0 saturated carbocycles. The van der Waals surface area contributed by atoms with E-state index in [1.54, 1.807) is 13.8 Å². The Bertz CT molecular complexity index is 707. The summed E-state index contributed by atoms with van der Waals surface area (Å²) in [6.45, 7) is 6.42. The first-order valence-electron chi connectivity index (χ1n) is 6.56. The molecule has 2 heterocycles. The summed E-state index contributed by atoms with van der Waals surface area (Å²) in [7, 11) is 0. The Labute approximate surface area is 125 Å². The van der Waals surface area contributed by atoms with Gasteiger partial charge >= 0.3 is 0 Å². The number of carbonyl (C=O) groups excluding carboxylic acids is 1. The van der Waals surface area contributed by atoms with Gasteiger partial charge in [-0.3, -0.25) is 9.59 Å². The van der Waals surface area contributed by atoms with E-state index in [1.807, 2.05) is 6.92 Å². The summed E-state index contributed by atoms with van der Waals surface area (Å²) in [6, 6.07) is 1.37. The van der Waals surface area contributed by atoms with Gasteiger partial charge < -0.3 is 15.6 Å². The van der Waals surface area contributed by atoms with Gasteiger partial charge in [-0.15, -0.1) is 0 Å². The highest BCUT2D eigenvalue weighted by Gasteiger charge is 2.15. The van der Waals surface area contributed by atoms with Gasteiger partial charge in [0.25, 0.3) is 11.5 Å². The lowest BCUT2D eigenvalue weighted by Crippen LogP contribution is -2.24. The first-order valence-corrected chi connectivity index (χ1v) is 7.37. The van der Waals surface area contributed by atoms with E-state index < -0.39 is 0 Å². The second kappa shape index (κ2) is 6.49. The number of anilines is 1. The molecule has 0 fully saturated rings. The molecule has 21 heavy (non-hydrogen) atoms. The number of hydrogen-bond donors (Lipinski definition) is 3. The SMILES string of the molecule is CCNc1nc(C)c(C(=O)NCc2cc(=O)[nH]c(C)n2)s1. The molecule has 7 nitrogen and oxygen atoms in total.